The lowest BCUT2D eigenvalue weighted by molar-refractivity contribution is -0.133. The molecule has 1 amide bonds. The number of nitrogens with zero attached hydrogens (tertiary/aromatic N) is 3. The van der Waals surface area contributed by atoms with Crippen LogP contribution in [0.2, 0.25) is 0 Å². The Balaban J connectivity index is 1.36. The summed E-state index contributed by atoms with van der Waals surface area (Å²) in [5, 5.41) is 0.771. The Kier molecular flexibility index (Phi) is 6.01. The van der Waals surface area contributed by atoms with Gasteiger partial charge in [-0.15, -0.1) is 0 Å². The molecular formula is C21H23N3O5S2. The molecule has 0 bridgehead atoms. The van der Waals surface area contributed by atoms with Crippen LogP contribution in [0.15, 0.2) is 47.4 Å². The predicted octanol–water partition coefficient (Wildman–Crippen LogP) is 2.44. The minimum atomic E-state index is -3.35. The molecule has 0 N–H and O–H groups in total. The Hall–Kier alpha value is -2.85. The predicted molar refractivity (Wildman–Crippen MR) is 120 cm³/mol. The van der Waals surface area contributed by atoms with Crippen molar-refractivity contribution in [1.82, 2.24) is 9.88 Å². The second-order valence-corrected chi connectivity index (χ2v) is 10.2. The second-order valence-electron chi connectivity index (χ2n) is 7.20. The zero-order valence-corrected chi connectivity index (χ0v) is 18.9. The standard InChI is InChI=1S/C21H23N3O5S2/c1-28-15-6-8-16(9-7-15)29-14-19(25)23-10-12-24(13-11-23)21-22-20-17(30-21)4-3-5-18(20)31(2,26)27/h3-9H,10-14H2,1-2H3. The van der Waals surface area contributed by atoms with E-state index in [1.165, 1.54) is 17.6 Å². The molecule has 1 aromatic heterocycles. The molecule has 0 unspecified atom stereocenters. The normalized spacial score (nSPS) is 14.6. The van der Waals surface area contributed by atoms with Crippen molar-refractivity contribution in [3.8, 4) is 11.5 Å². The van der Waals surface area contributed by atoms with Gasteiger partial charge in [0.05, 0.1) is 16.7 Å². The monoisotopic (exact) mass is 461 g/mol. The topological polar surface area (TPSA) is 89.0 Å². The number of fused-ring (bicyclic) bond motifs is 1. The van der Waals surface area contributed by atoms with E-state index in [9.17, 15) is 13.2 Å². The van der Waals surface area contributed by atoms with Gasteiger partial charge in [-0.3, -0.25) is 4.79 Å². The average Bonchev–Trinajstić information content (AvgIpc) is 3.21. The van der Waals surface area contributed by atoms with Crippen LogP contribution in [-0.2, 0) is 14.6 Å². The van der Waals surface area contributed by atoms with Gasteiger partial charge in [-0.2, -0.15) is 0 Å². The summed E-state index contributed by atoms with van der Waals surface area (Å²) in [4.78, 5) is 21.2. The number of thiazole rings is 1. The van der Waals surface area contributed by atoms with Gasteiger partial charge in [0.1, 0.15) is 17.0 Å². The molecule has 0 radical (unpaired) electrons. The van der Waals surface area contributed by atoms with Crippen LogP contribution in [0.25, 0.3) is 10.2 Å². The van der Waals surface area contributed by atoms with Gasteiger partial charge in [0.25, 0.3) is 5.91 Å². The average molecular weight is 462 g/mol. The third-order valence-electron chi connectivity index (χ3n) is 5.09. The highest BCUT2D eigenvalue weighted by Gasteiger charge is 2.24. The fraction of sp³-hybridized carbons (Fsp3) is 0.333. The molecule has 0 saturated carbocycles. The van der Waals surface area contributed by atoms with E-state index in [2.05, 4.69) is 9.88 Å². The Morgan fingerprint density at radius 3 is 2.39 bits per heavy atom. The molecule has 1 aliphatic heterocycles. The van der Waals surface area contributed by atoms with Crippen LogP contribution in [0.1, 0.15) is 0 Å². The summed E-state index contributed by atoms with van der Waals surface area (Å²) in [7, 11) is -1.75. The number of hydrogen-bond acceptors (Lipinski definition) is 8. The highest BCUT2D eigenvalue weighted by atomic mass is 32.2. The van der Waals surface area contributed by atoms with Crippen LogP contribution in [0.3, 0.4) is 0 Å². The largest absolute Gasteiger partial charge is 0.497 e. The Morgan fingerprint density at radius 1 is 1.06 bits per heavy atom. The van der Waals surface area contributed by atoms with Crippen LogP contribution >= 0.6 is 11.3 Å². The number of methoxy groups -OCH3 is 1. The van der Waals surface area contributed by atoms with Crippen LogP contribution < -0.4 is 14.4 Å². The molecule has 164 valence electrons. The summed E-state index contributed by atoms with van der Waals surface area (Å²) in [6.45, 7) is 2.34. The molecule has 1 aliphatic rings. The van der Waals surface area contributed by atoms with E-state index in [1.54, 1.807) is 48.4 Å². The fourth-order valence-corrected chi connectivity index (χ4v) is 5.34. The summed E-state index contributed by atoms with van der Waals surface area (Å²) in [6.07, 6.45) is 1.19. The van der Waals surface area contributed by atoms with Crippen molar-refractivity contribution in [3.63, 3.8) is 0 Å². The molecule has 10 heteroatoms. The van der Waals surface area contributed by atoms with Crippen LogP contribution in [0.4, 0.5) is 5.13 Å². The molecule has 31 heavy (non-hydrogen) atoms. The lowest BCUT2D eigenvalue weighted by Gasteiger charge is -2.34. The quantitative estimate of drug-likeness (QED) is 0.557. The summed E-state index contributed by atoms with van der Waals surface area (Å²) in [6, 6.07) is 12.3. The highest BCUT2D eigenvalue weighted by Crippen LogP contribution is 2.33. The number of rotatable bonds is 6. The van der Waals surface area contributed by atoms with E-state index in [0.29, 0.717) is 37.4 Å². The molecule has 4 rings (SSSR count). The molecule has 2 heterocycles. The van der Waals surface area contributed by atoms with Gasteiger partial charge in [0.15, 0.2) is 21.6 Å². The maximum absolute atomic E-state index is 12.5. The number of benzene rings is 2. The Labute approximate surface area is 184 Å². The number of ether oxygens (including phenoxy) is 2. The van der Waals surface area contributed by atoms with E-state index in [4.69, 9.17) is 9.47 Å². The SMILES string of the molecule is COc1ccc(OCC(=O)N2CCN(c3nc4c(S(C)(=O)=O)cccc4s3)CC2)cc1. The molecule has 0 atom stereocenters. The zero-order valence-electron chi connectivity index (χ0n) is 17.3. The Morgan fingerprint density at radius 2 is 1.74 bits per heavy atom. The smallest absolute Gasteiger partial charge is 0.260 e. The molecule has 2 aromatic carbocycles. The number of piperazine rings is 1. The van der Waals surface area contributed by atoms with Crippen LogP contribution in [0.5, 0.6) is 11.5 Å². The van der Waals surface area contributed by atoms with Gasteiger partial charge in [-0.25, -0.2) is 13.4 Å². The van der Waals surface area contributed by atoms with Crippen molar-refractivity contribution >= 4 is 42.4 Å². The third kappa shape index (κ3) is 4.75. The van der Waals surface area contributed by atoms with Crippen molar-refractivity contribution in [2.24, 2.45) is 0 Å². The van der Waals surface area contributed by atoms with Gasteiger partial charge in [-0.1, -0.05) is 17.4 Å². The van der Waals surface area contributed by atoms with Crippen LogP contribution in [-0.4, -0.2) is 70.4 Å². The molecular weight excluding hydrogens is 438 g/mol. The van der Waals surface area contributed by atoms with Gasteiger partial charge >= 0.3 is 0 Å². The maximum atomic E-state index is 12.5. The van der Waals surface area contributed by atoms with Crippen molar-refractivity contribution in [2.75, 3.05) is 51.1 Å². The molecule has 1 fully saturated rings. The Bertz CT molecular complexity index is 1180. The van der Waals surface area contributed by atoms with Gasteiger partial charge < -0.3 is 19.3 Å². The number of sulfone groups is 1. The number of carbonyl (C=O) groups excluding carboxylic acids is 1. The van der Waals surface area contributed by atoms with Crippen molar-refractivity contribution in [1.29, 1.82) is 0 Å². The first-order valence-corrected chi connectivity index (χ1v) is 12.4. The molecule has 1 saturated heterocycles. The summed E-state index contributed by atoms with van der Waals surface area (Å²) < 4.78 is 35.6. The van der Waals surface area contributed by atoms with Crippen LogP contribution in [0, 0.1) is 0 Å². The molecule has 0 aliphatic carbocycles. The highest BCUT2D eigenvalue weighted by molar-refractivity contribution is 7.91. The number of amides is 1. The summed E-state index contributed by atoms with van der Waals surface area (Å²) in [5.74, 6) is 1.27. The minimum absolute atomic E-state index is 0.0226. The first-order valence-electron chi connectivity index (χ1n) is 9.74. The van der Waals surface area contributed by atoms with Crippen molar-refractivity contribution in [2.45, 2.75) is 4.90 Å². The zero-order chi connectivity index (χ0) is 22.0. The number of hydrogen-bond donors (Lipinski definition) is 0. The lowest BCUT2D eigenvalue weighted by atomic mass is 10.3. The van der Waals surface area contributed by atoms with E-state index >= 15 is 0 Å². The van der Waals surface area contributed by atoms with Gasteiger partial charge in [0.2, 0.25) is 0 Å². The number of para-hydroxylation sites is 1. The van der Waals surface area contributed by atoms with Gasteiger partial charge in [-0.05, 0) is 36.4 Å². The summed E-state index contributed by atoms with van der Waals surface area (Å²) in [5.41, 5.74) is 0.511. The second kappa shape index (κ2) is 8.72. The van der Waals surface area contributed by atoms with Crippen molar-refractivity contribution < 1.29 is 22.7 Å². The number of carbonyl (C=O) groups is 1. The first-order chi connectivity index (χ1) is 14.8. The van der Waals surface area contributed by atoms with E-state index in [-0.39, 0.29) is 17.4 Å². The summed E-state index contributed by atoms with van der Waals surface area (Å²) >= 11 is 1.47. The van der Waals surface area contributed by atoms with Crippen molar-refractivity contribution in [3.05, 3.63) is 42.5 Å². The lowest BCUT2D eigenvalue weighted by Crippen LogP contribution is -2.50. The van der Waals surface area contributed by atoms with E-state index < -0.39 is 9.84 Å². The third-order valence-corrected chi connectivity index (χ3v) is 7.30. The number of anilines is 1. The first kappa shape index (κ1) is 21.4. The number of aromatic nitrogens is 1. The minimum Gasteiger partial charge on any atom is -0.497 e. The molecule has 8 nitrogen and oxygen atoms in total. The molecule has 3 aromatic rings. The maximum Gasteiger partial charge on any atom is 0.260 e. The van der Waals surface area contributed by atoms with E-state index in [1.807, 2.05) is 6.07 Å². The molecule has 0 spiro atoms. The van der Waals surface area contributed by atoms with Gasteiger partial charge in [0, 0.05) is 32.4 Å². The fourth-order valence-electron chi connectivity index (χ4n) is 3.40. The van der Waals surface area contributed by atoms with E-state index in [0.717, 1.165) is 15.6 Å².